The Hall–Kier alpha value is -1.70. The highest BCUT2D eigenvalue weighted by Gasteiger charge is 2.30. The molecule has 8 heteroatoms. The molecule has 0 saturated carbocycles. The molecule has 2 aromatic rings. The van der Waals surface area contributed by atoms with E-state index in [0.29, 0.717) is 12.1 Å². The van der Waals surface area contributed by atoms with Crippen molar-refractivity contribution in [1.29, 1.82) is 0 Å². The predicted octanol–water partition coefficient (Wildman–Crippen LogP) is 4.46. The van der Waals surface area contributed by atoms with Crippen molar-refractivity contribution in [2.24, 2.45) is 0 Å². The summed E-state index contributed by atoms with van der Waals surface area (Å²) in [6.07, 6.45) is 4.18. The number of sulfone groups is 1. The van der Waals surface area contributed by atoms with Gasteiger partial charge >= 0.3 is 0 Å². The maximum Gasteiger partial charge on any atom is 0.206 e. The number of benzene rings is 2. The molecule has 2 aromatic carbocycles. The molecule has 4 rings (SSSR count). The quantitative estimate of drug-likeness (QED) is 0.666. The summed E-state index contributed by atoms with van der Waals surface area (Å²) in [6, 6.07) is 7.95. The lowest BCUT2D eigenvalue weighted by atomic mass is 10.0. The van der Waals surface area contributed by atoms with Gasteiger partial charge in [-0.15, -0.1) is 12.4 Å². The highest BCUT2D eigenvalue weighted by atomic mass is 35.5. The molecule has 1 fully saturated rings. The number of hydrogen-bond donors (Lipinski definition) is 0. The second-order valence-corrected chi connectivity index (χ2v) is 9.86. The van der Waals surface area contributed by atoms with Crippen molar-refractivity contribution in [3.8, 4) is 0 Å². The standard InChI is InChI=1S/C22H26F2N2O2S.ClH/c1-2-8-25-9-6-19(7-10-25)26-11-5-16-12-20(3-4-22(16)26)29(27,28)21-14-17(23)13-18(24)15-21;/h3-4,12-15,19H,2,5-11H2,1H3;1H. The monoisotopic (exact) mass is 456 g/mol. The van der Waals surface area contributed by atoms with Crippen molar-refractivity contribution in [2.45, 2.75) is 48.4 Å². The first-order chi connectivity index (χ1) is 13.9. The summed E-state index contributed by atoms with van der Waals surface area (Å²) >= 11 is 0. The zero-order valence-corrected chi connectivity index (χ0v) is 18.6. The summed E-state index contributed by atoms with van der Waals surface area (Å²) in [5.74, 6) is -1.80. The van der Waals surface area contributed by atoms with Gasteiger partial charge in [0.2, 0.25) is 9.84 Å². The van der Waals surface area contributed by atoms with Crippen molar-refractivity contribution in [3.05, 3.63) is 53.6 Å². The van der Waals surface area contributed by atoms with Gasteiger partial charge in [0, 0.05) is 37.4 Å². The largest absolute Gasteiger partial charge is 0.368 e. The lowest BCUT2D eigenvalue weighted by Gasteiger charge is -2.38. The van der Waals surface area contributed by atoms with E-state index < -0.39 is 21.5 Å². The number of likely N-dealkylation sites (tertiary alicyclic amines) is 1. The number of fused-ring (bicyclic) bond motifs is 1. The van der Waals surface area contributed by atoms with E-state index in [-0.39, 0.29) is 22.2 Å². The van der Waals surface area contributed by atoms with E-state index in [9.17, 15) is 17.2 Å². The second kappa shape index (κ2) is 9.20. The lowest BCUT2D eigenvalue weighted by Crippen LogP contribution is -2.44. The molecule has 0 aromatic heterocycles. The molecule has 0 radical (unpaired) electrons. The van der Waals surface area contributed by atoms with E-state index in [0.717, 1.165) is 68.8 Å². The second-order valence-electron chi connectivity index (χ2n) is 7.92. The van der Waals surface area contributed by atoms with Crippen LogP contribution in [0.3, 0.4) is 0 Å². The SMILES string of the molecule is CCCN1CCC(N2CCc3cc(S(=O)(=O)c4cc(F)cc(F)c4)ccc32)CC1.Cl. The first-order valence-electron chi connectivity index (χ1n) is 10.2. The minimum Gasteiger partial charge on any atom is -0.368 e. The topological polar surface area (TPSA) is 40.6 Å². The number of anilines is 1. The summed E-state index contributed by atoms with van der Waals surface area (Å²) in [7, 11) is -3.97. The van der Waals surface area contributed by atoms with Crippen LogP contribution in [0.15, 0.2) is 46.2 Å². The molecule has 0 bridgehead atoms. The normalized spacial score (nSPS) is 17.6. The van der Waals surface area contributed by atoms with Crippen LogP contribution in [0.2, 0.25) is 0 Å². The van der Waals surface area contributed by atoms with Gasteiger partial charge in [0.25, 0.3) is 0 Å². The van der Waals surface area contributed by atoms with E-state index in [1.807, 2.05) is 6.07 Å². The average molecular weight is 457 g/mol. The molecule has 30 heavy (non-hydrogen) atoms. The smallest absolute Gasteiger partial charge is 0.206 e. The Morgan fingerprint density at radius 1 is 0.967 bits per heavy atom. The molecular weight excluding hydrogens is 430 g/mol. The Morgan fingerprint density at radius 2 is 1.63 bits per heavy atom. The Morgan fingerprint density at radius 3 is 2.27 bits per heavy atom. The first kappa shape index (κ1) is 23.0. The minimum absolute atomic E-state index is 0. The molecule has 2 aliphatic rings. The van der Waals surface area contributed by atoms with Gasteiger partial charge in [-0.1, -0.05) is 6.92 Å². The minimum atomic E-state index is -3.97. The van der Waals surface area contributed by atoms with Gasteiger partial charge in [0.05, 0.1) is 9.79 Å². The van der Waals surface area contributed by atoms with Crippen LogP contribution >= 0.6 is 12.4 Å². The summed E-state index contributed by atoms with van der Waals surface area (Å²) in [5.41, 5.74) is 2.07. The van der Waals surface area contributed by atoms with Gasteiger partial charge in [0.1, 0.15) is 11.6 Å². The zero-order valence-electron chi connectivity index (χ0n) is 17.0. The third-order valence-electron chi connectivity index (χ3n) is 5.98. The van der Waals surface area contributed by atoms with Crippen molar-refractivity contribution in [1.82, 2.24) is 4.90 Å². The molecule has 2 heterocycles. The van der Waals surface area contributed by atoms with Crippen LogP contribution in [0.1, 0.15) is 31.7 Å². The van der Waals surface area contributed by atoms with Gasteiger partial charge < -0.3 is 9.80 Å². The lowest BCUT2D eigenvalue weighted by molar-refractivity contribution is 0.210. The zero-order chi connectivity index (χ0) is 20.6. The molecule has 0 atom stereocenters. The Labute approximate surface area is 183 Å². The van der Waals surface area contributed by atoms with E-state index in [1.54, 1.807) is 12.1 Å². The Bertz CT molecular complexity index is 988. The molecule has 0 spiro atoms. The van der Waals surface area contributed by atoms with Crippen molar-refractivity contribution in [2.75, 3.05) is 31.1 Å². The number of piperidine rings is 1. The van der Waals surface area contributed by atoms with E-state index in [4.69, 9.17) is 0 Å². The summed E-state index contributed by atoms with van der Waals surface area (Å²) in [5, 5.41) is 0. The fourth-order valence-corrected chi connectivity index (χ4v) is 5.89. The summed E-state index contributed by atoms with van der Waals surface area (Å²) < 4.78 is 52.8. The molecular formula is C22H27ClF2N2O2S. The van der Waals surface area contributed by atoms with E-state index in [2.05, 4.69) is 16.7 Å². The van der Waals surface area contributed by atoms with Crippen molar-refractivity contribution < 1.29 is 17.2 Å². The number of rotatable bonds is 5. The Kier molecular flexibility index (Phi) is 7.05. The van der Waals surface area contributed by atoms with E-state index in [1.165, 1.54) is 6.42 Å². The molecule has 0 unspecified atom stereocenters. The summed E-state index contributed by atoms with van der Waals surface area (Å²) in [6.45, 7) is 6.42. The molecule has 0 N–H and O–H groups in total. The Balaban J connectivity index is 0.00000256. The summed E-state index contributed by atoms with van der Waals surface area (Å²) in [4.78, 5) is 4.63. The predicted molar refractivity (Wildman–Crippen MR) is 116 cm³/mol. The molecule has 1 saturated heterocycles. The fraction of sp³-hybridized carbons (Fsp3) is 0.455. The van der Waals surface area contributed by atoms with Crippen LogP contribution in [0.4, 0.5) is 14.5 Å². The molecule has 0 amide bonds. The van der Waals surface area contributed by atoms with Gasteiger partial charge in [-0.3, -0.25) is 0 Å². The van der Waals surface area contributed by atoms with Crippen LogP contribution in [0.5, 0.6) is 0 Å². The van der Waals surface area contributed by atoms with Crippen LogP contribution in [0.25, 0.3) is 0 Å². The number of nitrogens with zero attached hydrogens (tertiary/aromatic N) is 2. The average Bonchev–Trinajstić information content (AvgIpc) is 3.11. The fourth-order valence-electron chi connectivity index (χ4n) is 4.54. The van der Waals surface area contributed by atoms with Crippen LogP contribution in [-0.4, -0.2) is 45.5 Å². The van der Waals surface area contributed by atoms with Crippen LogP contribution in [0, 0.1) is 11.6 Å². The van der Waals surface area contributed by atoms with Gasteiger partial charge in [-0.25, -0.2) is 17.2 Å². The van der Waals surface area contributed by atoms with Crippen LogP contribution in [-0.2, 0) is 16.3 Å². The molecule has 164 valence electrons. The van der Waals surface area contributed by atoms with Crippen LogP contribution < -0.4 is 4.90 Å². The molecule has 0 aliphatic carbocycles. The maximum atomic E-state index is 13.5. The van der Waals surface area contributed by atoms with Crippen molar-refractivity contribution >= 4 is 27.9 Å². The third-order valence-corrected chi connectivity index (χ3v) is 7.71. The maximum absolute atomic E-state index is 13.5. The molecule has 2 aliphatic heterocycles. The molecule has 4 nitrogen and oxygen atoms in total. The van der Waals surface area contributed by atoms with Gasteiger partial charge in [-0.05, 0) is 68.1 Å². The first-order valence-corrected chi connectivity index (χ1v) is 11.7. The highest BCUT2D eigenvalue weighted by molar-refractivity contribution is 7.91. The number of hydrogen-bond acceptors (Lipinski definition) is 4. The third kappa shape index (κ3) is 4.48. The van der Waals surface area contributed by atoms with Crippen molar-refractivity contribution in [3.63, 3.8) is 0 Å². The number of halogens is 3. The van der Waals surface area contributed by atoms with Gasteiger partial charge in [-0.2, -0.15) is 0 Å². The highest BCUT2D eigenvalue weighted by Crippen LogP contribution is 2.35. The van der Waals surface area contributed by atoms with E-state index >= 15 is 0 Å². The van der Waals surface area contributed by atoms with Gasteiger partial charge in [0.15, 0.2) is 0 Å².